The molecule has 0 aliphatic carbocycles. The van der Waals surface area contributed by atoms with Crippen molar-refractivity contribution in [3.8, 4) is 0 Å². The Labute approximate surface area is 102 Å². The molecule has 0 amide bonds. The maximum atomic E-state index is 11.2. The van der Waals surface area contributed by atoms with E-state index in [4.69, 9.17) is 0 Å². The fraction of sp³-hybridized carbons (Fsp3) is 0.727. The zero-order valence-electron chi connectivity index (χ0n) is 10.7. The standard InChI is InChI=1S/C11H19N3O2S/c1-7(12-4)11-8(2)13-14(9(11)3)10-5-17(15,16)6-10/h7,10,12H,5-6H2,1-4H3. The Kier molecular flexibility index (Phi) is 3.03. The van der Waals surface area contributed by atoms with Crippen molar-refractivity contribution in [3.05, 3.63) is 17.0 Å². The average Bonchev–Trinajstić information content (AvgIpc) is 2.49. The van der Waals surface area contributed by atoms with Crippen molar-refractivity contribution in [2.24, 2.45) is 0 Å². The van der Waals surface area contributed by atoms with Crippen LogP contribution in [0.15, 0.2) is 0 Å². The van der Waals surface area contributed by atoms with Crippen molar-refractivity contribution >= 4 is 9.84 Å². The summed E-state index contributed by atoms with van der Waals surface area (Å²) in [6, 6.07) is 0.261. The molecule has 1 unspecified atom stereocenters. The Morgan fingerprint density at radius 1 is 1.41 bits per heavy atom. The third kappa shape index (κ3) is 2.11. The van der Waals surface area contributed by atoms with Gasteiger partial charge in [-0.25, -0.2) is 8.42 Å². The minimum absolute atomic E-state index is 0.0245. The highest BCUT2D eigenvalue weighted by Crippen LogP contribution is 2.29. The zero-order valence-corrected chi connectivity index (χ0v) is 11.5. The number of aryl methyl sites for hydroxylation is 1. The van der Waals surface area contributed by atoms with Crippen molar-refractivity contribution in [1.29, 1.82) is 0 Å². The normalized spacial score (nSPS) is 21.2. The van der Waals surface area contributed by atoms with Crippen molar-refractivity contribution in [3.63, 3.8) is 0 Å². The van der Waals surface area contributed by atoms with Gasteiger partial charge in [0.05, 0.1) is 23.2 Å². The molecule has 1 aliphatic heterocycles. The van der Waals surface area contributed by atoms with E-state index < -0.39 is 9.84 Å². The van der Waals surface area contributed by atoms with Gasteiger partial charge in [0.25, 0.3) is 0 Å². The Balaban J connectivity index is 2.32. The molecule has 1 N–H and O–H groups in total. The van der Waals surface area contributed by atoms with E-state index in [0.29, 0.717) is 0 Å². The highest BCUT2D eigenvalue weighted by Gasteiger charge is 2.36. The van der Waals surface area contributed by atoms with E-state index in [0.717, 1.165) is 11.4 Å². The molecule has 2 rings (SSSR count). The summed E-state index contributed by atoms with van der Waals surface area (Å²) in [7, 11) is -0.890. The van der Waals surface area contributed by atoms with Crippen molar-refractivity contribution < 1.29 is 8.42 Å². The molecule has 0 radical (unpaired) electrons. The van der Waals surface area contributed by atoms with Gasteiger partial charge in [0.1, 0.15) is 0 Å². The van der Waals surface area contributed by atoms with Gasteiger partial charge in [-0.3, -0.25) is 4.68 Å². The molecule has 96 valence electrons. The Hall–Kier alpha value is -0.880. The first-order valence-corrected chi connectivity index (χ1v) is 7.61. The summed E-state index contributed by atoms with van der Waals surface area (Å²) < 4.78 is 24.3. The fourth-order valence-corrected chi connectivity index (χ4v) is 3.84. The molecule has 17 heavy (non-hydrogen) atoms. The maximum absolute atomic E-state index is 11.2. The Morgan fingerprint density at radius 2 is 2.00 bits per heavy atom. The lowest BCUT2D eigenvalue weighted by atomic mass is 10.1. The van der Waals surface area contributed by atoms with Gasteiger partial charge in [0.2, 0.25) is 0 Å². The van der Waals surface area contributed by atoms with Gasteiger partial charge in [-0.15, -0.1) is 0 Å². The first-order chi connectivity index (χ1) is 7.85. The molecule has 1 aromatic rings. The molecule has 1 fully saturated rings. The summed E-state index contributed by atoms with van der Waals surface area (Å²) in [5.41, 5.74) is 3.23. The molecular weight excluding hydrogens is 238 g/mol. The van der Waals surface area contributed by atoms with Gasteiger partial charge in [0.15, 0.2) is 9.84 Å². The molecule has 1 saturated heterocycles. The van der Waals surface area contributed by atoms with Crippen LogP contribution in [-0.4, -0.2) is 36.8 Å². The van der Waals surface area contributed by atoms with Crippen molar-refractivity contribution in [2.45, 2.75) is 32.9 Å². The second kappa shape index (κ2) is 4.10. The van der Waals surface area contributed by atoms with Gasteiger partial charge in [-0.2, -0.15) is 5.10 Å². The molecule has 2 heterocycles. The zero-order chi connectivity index (χ0) is 12.8. The number of hydrogen-bond donors (Lipinski definition) is 1. The Bertz CT molecular complexity index is 521. The lowest BCUT2D eigenvalue weighted by Gasteiger charge is -2.27. The van der Waals surface area contributed by atoms with Crippen LogP contribution in [0.4, 0.5) is 0 Å². The highest BCUT2D eigenvalue weighted by molar-refractivity contribution is 7.92. The van der Waals surface area contributed by atoms with Crippen LogP contribution in [0.3, 0.4) is 0 Å². The number of rotatable bonds is 3. The van der Waals surface area contributed by atoms with Crippen molar-refractivity contribution in [1.82, 2.24) is 15.1 Å². The largest absolute Gasteiger partial charge is 0.313 e. The first-order valence-electron chi connectivity index (χ1n) is 5.79. The molecule has 0 spiro atoms. The van der Waals surface area contributed by atoms with Gasteiger partial charge >= 0.3 is 0 Å². The van der Waals surface area contributed by atoms with E-state index in [1.54, 1.807) is 0 Å². The van der Waals surface area contributed by atoms with E-state index in [2.05, 4.69) is 17.3 Å². The molecule has 5 nitrogen and oxygen atoms in total. The molecule has 0 aromatic carbocycles. The van der Waals surface area contributed by atoms with Crippen LogP contribution in [0, 0.1) is 13.8 Å². The predicted molar refractivity (Wildman–Crippen MR) is 66.9 cm³/mol. The molecule has 0 bridgehead atoms. The van der Waals surface area contributed by atoms with Gasteiger partial charge in [-0.1, -0.05) is 0 Å². The topological polar surface area (TPSA) is 64.0 Å². The lowest BCUT2D eigenvalue weighted by molar-refractivity contribution is 0.463. The first kappa shape index (κ1) is 12.6. The van der Waals surface area contributed by atoms with E-state index in [-0.39, 0.29) is 23.6 Å². The minimum atomic E-state index is -2.80. The van der Waals surface area contributed by atoms with Gasteiger partial charge in [-0.05, 0) is 27.8 Å². The SMILES string of the molecule is CNC(C)c1c(C)nn(C2CS(=O)(=O)C2)c1C. The van der Waals surface area contributed by atoms with Crippen molar-refractivity contribution in [2.75, 3.05) is 18.6 Å². The van der Waals surface area contributed by atoms with E-state index in [9.17, 15) is 8.42 Å². The van der Waals surface area contributed by atoms with Crippen LogP contribution in [-0.2, 0) is 9.84 Å². The van der Waals surface area contributed by atoms with Crippen LogP contribution >= 0.6 is 0 Å². The molecule has 1 atom stereocenters. The Morgan fingerprint density at radius 3 is 2.47 bits per heavy atom. The summed E-state index contributed by atoms with van der Waals surface area (Å²) in [4.78, 5) is 0. The van der Waals surface area contributed by atoms with Gasteiger partial charge < -0.3 is 5.32 Å². The number of hydrogen-bond acceptors (Lipinski definition) is 4. The third-order valence-electron chi connectivity index (χ3n) is 3.49. The number of nitrogens with zero attached hydrogens (tertiary/aromatic N) is 2. The monoisotopic (exact) mass is 257 g/mol. The average molecular weight is 257 g/mol. The second-order valence-electron chi connectivity index (χ2n) is 4.77. The molecule has 0 saturated carbocycles. The number of nitrogens with one attached hydrogen (secondary N) is 1. The van der Waals surface area contributed by atoms with E-state index in [1.807, 2.05) is 25.6 Å². The van der Waals surface area contributed by atoms with Crippen LogP contribution in [0.25, 0.3) is 0 Å². The second-order valence-corrected chi connectivity index (χ2v) is 6.92. The lowest BCUT2D eigenvalue weighted by Crippen LogP contribution is -2.39. The molecule has 1 aromatic heterocycles. The minimum Gasteiger partial charge on any atom is -0.313 e. The molecule has 1 aliphatic rings. The summed E-state index contributed by atoms with van der Waals surface area (Å²) in [5, 5.41) is 7.67. The van der Waals surface area contributed by atoms with Gasteiger partial charge in [0, 0.05) is 17.3 Å². The van der Waals surface area contributed by atoms with Crippen LogP contribution in [0.2, 0.25) is 0 Å². The van der Waals surface area contributed by atoms with Crippen LogP contribution in [0.5, 0.6) is 0 Å². The maximum Gasteiger partial charge on any atom is 0.154 e. The van der Waals surface area contributed by atoms with Crippen LogP contribution in [0.1, 0.15) is 36.0 Å². The summed E-state index contributed by atoms with van der Waals surface area (Å²) in [5.74, 6) is 0.449. The summed E-state index contributed by atoms with van der Waals surface area (Å²) in [6.07, 6.45) is 0. The fourth-order valence-electron chi connectivity index (χ4n) is 2.48. The summed E-state index contributed by atoms with van der Waals surface area (Å²) in [6.45, 7) is 6.06. The van der Waals surface area contributed by atoms with E-state index in [1.165, 1.54) is 5.56 Å². The third-order valence-corrected chi connectivity index (χ3v) is 5.27. The quantitative estimate of drug-likeness (QED) is 0.868. The molecular formula is C11H19N3O2S. The predicted octanol–water partition coefficient (Wildman–Crippen LogP) is 0.750. The molecule has 6 heteroatoms. The highest BCUT2D eigenvalue weighted by atomic mass is 32.2. The summed E-state index contributed by atoms with van der Waals surface area (Å²) >= 11 is 0. The van der Waals surface area contributed by atoms with E-state index >= 15 is 0 Å². The number of aromatic nitrogens is 2. The number of sulfone groups is 1. The van der Waals surface area contributed by atoms with Crippen LogP contribution < -0.4 is 5.32 Å². The smallest absolute Gasteiger partial charge is 0.154 e.